The van der Waals surface area contributed by atoms with Gasteiger partial charge in [0.15, 0.2) is 0 Å². The Morgan fingerprint density at radius 2 is 2.12 bits per heavy atom. The number of aromatic nitrogens is 2. The lowest BCUT2D eigenvalue weighted by molar-refractivity contribution is 0.559. The molecule has 1 atom stereocenters. The van der Waals surface area contributed by atoms with Gasteiger partial charge in [-0.3, -0.25) is 0 Å². The van der Waals surface area contributed by atoms with Gasteiger partial charge in [-0.15, -0.1) is 5.10 Å². The predicted octanol–water partition coefficient (Wildman–Crippen LogP) is 2.43. The summed E-state index contributed by atoms with van der Waals surface area (Å²) >= 11 is 1.18. The molecule has 0 saturated carbocycles. The number of aryl methyl sites for hydroxylation is 1. The van der Waals surface area contributed by atoms with E-state index in [2.05, 4.69) is 14.9 Å². The highest BCUT2D eigenvalue weighted by Gasteiger charge is 2.21. The van der Waals surface area contributed by atoms with E-state index in [0.717, 1.165) is 22.7 Å². The SMILES string of the molecule is CNC(c1cc(F)ccc1F)c1snnc1C. The summed E-state index contributed by atoms with van der Waals surface area (Å²) < 4.78 is 30.7. The van der Waals surface area contributed by atoms with E-state index < -0.39 is 17.7 Å². The van der Waals surface area contributed by atoms with Gasteiger partial charge >= 0.3 is 0 Å². The van der Waals surface area contributed by atoms with Crippen molar-refractivity contribution in [2.45, 2.75) is 13.0 Å². The maximum atomic E-state index is 13.7. The maximum absolute atomic E-state index is 13.7. The summed E-state index contributed by atoms with van der Waals surface area (Å²) in [6.07, 6.45) is 0. The van der Waals surface area contributed by atoms with Crippen molar-refractivity contribution in [2.75, 3.05) is 7.05 Å². The molecule has 1 N–H and O–H groups in total. The zero-order chi connectivity index (χ0) is 12.4. The van der Waals surface area contributed by atoms with Gasteiger partial charge in [-0.05, 0) is 43.7 Å². The van der Waals surface area contributed by atoms with Gasteiger partial charge in [0.25, 0.3) is 0 Å². The van der Waals surface area contributed by atoms with E-state index in [1.54, 1.807) is 14.0 Å². The number of hydrogen-bond acceptors (Lipinski definition) is 4. The van der Waals surface area contributed by atoms with Gasteiger partial charge in [-0.25, -0.2) is 8.78 Å². The van der Waals surface area contributed by atoms with Crippen molar-refractivity contribution >= 4 is 11.5 Å². The van der Waals surface area contributed by atoms with Crippen molar-refractivity contribution in [1.29, 1.82) is 0 Å². The topological polar surface area (TPSA) is 37.8 Å². The van der Waals surface area contributed by atoms with Gasteiger partial charge in [0.1, 0.15) is 11.6 Å². The summed E-state index contributed by atoms with van der Waals surface area (Å²) in [4.78, 5) is 0.789. The lowest BCUT2D eigenvalue weighted by Crippen LogP contribution is -2.19. The number of halogens is 2. The second-order valence-electron chi connectivity index (χ2n) is 3.61. The van der Waals surface area contributed by atoms with Gasteiger partial charge in [0, 0.05) is 5.56 Å². The molecule has 17 heavy (non-hydrogen) atoms. The Morgan fingerprint density at radius 1 is 1.35 bits per heavy atom. The van der Waals surface area contributed by atoms with Gasteiger partial charge < -0.3 is 5.32 Å². The van der Waals surface area contributed by atoms with Crippen LogP contribution in [-0.2, 0) is 0 Å². The second-order valence-corrected chi connectivity index (χ2v) is 4.40. The van der Waals surface area contributed by atoms with Crippen LogP contribution in [0.15, 0.2) is 18.2 Å². The quantitative estimate of drug-likeness (QED) is 0.915. The fraction of sp³-hybridized carbons (Fsp3) is 0.273. The lowest BCUT2D eigenvalue weighted by Gasteiger charge is -2.15. The lowest BCUT2D eigenvalue weighted by atomic mass is 10.0. The third kappa shape index (κ3) is 2.32. The molecule has 1 aromatic carbocycles. The van der Waals surface area contributed by atoms with Gasteiger partial charge in [-0.2, -0.15) is 0 Å². The third-order valence-electron chi connectivity index (χ3n) is 2.51. The monoisotopic (exact) mass is 255 g/mol. The predicted molar refractivity (Wildman–Crippen MR) is 61.9 cm³/mol. The average molecular weight is 255 g/mol. The van der Waals surface area contributed by atoms with Crippen LogP contribution in [0.2, 0.25) is 0 Å². The van der Waals surface area contributed by atoms with Crippen LogP contribution in [-0.4, -0.2) is 16.6 Å². The van der Waals surface area contributed by atoms with Crippen LogP contribution in [0.25, 0.3) is 0 Å². The summed E-state index contributed by atoms with van der Waals surface area (Å²) in [7, 11) is 1.69. The molecule has 0 aliphatic heterocycles. The molecule has 2 rings (SSSR count). The first-order valence-corrected chi connectivity index (χ1v) is 5.82. The largest absolute Gasteiger partial charge is 0.308 e. The van der Waals surface area contributed by atoms with E-state index >= 15 is 0 Å². The van der Waals surface area contributed by atoms with Crippen LogP contribution < -0.4 is 5.32 Å². The van der Waals surface area contributed by atoms with Crippen LogP contribution >= 0.6 is 11.5 Å². The van der Waals surface area contributed by atoms with E-state index in [-0.39, 0.29) is 5.56 Å². The fourth-order valence-electron chi connectivity index (χ4n) is 1.67. The minimum atomic E-state index is -0.461. The van der Waals surface area contributed by atoms with E-state index in [9.17, 15) is 8.78 Å². The first-order valence-electron chi connectivity index (χ1n) is 5.04. The molecular formula is C11H11F2N3S. The minimum Gasteiger partial charge on any atom is -0.308 e. The maximum Gasteiger partial charge on any atom is 0.128 e. The van der Waals surface area contributed by atoms with Crippen LogP contribution in [0.1, 0.15) is 22.2 Å². The second kappa shape index (κ2) is 4.85. The molecule has 0 radical (unpaired) electrons. The summed E-state index contributed by atoms with van der Waals surface area (Å²) in [6.45, 7) is 1.79. The van der Waals surface area contributed by atoms with Gasteiger partial charge in [0.05, 0.1) is 16.6 Å². The standard InChI is InChI=1S/C11H11F2N3S/c1-6-11(17-16-15-6)10(14-2)8-5-7(12)3-4-9(8)13/h3-5,10,14H,1-2H3. The first-order chi connectivity index (χ1) is 8.13. The summed E-state index contributed by atoms with van der Waals surface area (Å²) in [5.41, 5.74) is 0.986. The smallest absolute Gasteiger partial charge is 0.128 e. The number of benzene rings is 1. The highest BCUT2D eigenvalue weighted by Crippen LogP contribution is 2.28. The van der Waals surface area contributed by atoms with Crippen molar-refractivity contribution < 1.29 is 8.78 Å². The van der Waals surface area contributed by atoms with Crippen molar-refractivity contribution in [2.24, 2.45) is 0 Å². The van der Waals surface area contributed by atoms with Gasteiger partial charge in [0.2, 0.25) is 0 Å². The molecule has 0 aliphatic carbocycles. The summed E-state index contributed by atoms with van der Waals surface area (Å²) in [5, 5.41) is 6.83. The Balaban J connectivity index is 2.49. The molecule has 6 heteroatoms. The number of hydrogen-bond donors (Lipinski definition) is 1. The van der Waals surface area contributed by atoms with E-state index in [1.165, 1.54) is 17.6 Å². The average Bonchev–Trinajstić information content (AvgIpc) is 2.71. The van der Waals surface area contributed by atoms with Gasteiger partial charge in [-0.1, -0.05) is 4.49 Å². The van der Waals surface area contributed by atoms with Crippen LogP contribution in [0.3, 0.4) is 0 Å². The Bertz CT molecular complexity index is 527. The van der Waals surface area contributed by atoms with Crippen molar-refractivity contribution in [3.63, 3.8) is 0 Å². The molecule has 1 aromatic heterocycles. The van der Waals surface area contributed by atoms with Crippen molar-refractivity contribution in [1.82, 2.24) is 14.9 Å². The highest BCUT2D eigenvalue weighted by atomic mass is 32.1. The summed E-state index contributed by atoms with van der Waals surface area (Å²) in [6, 6.07) is 2.99. The molecule has 0 fully saturated rings. The number of nitrogens with zero attached hydrogens (tertiary/aromatic N) is 2. The van der Waals surface area contributed by atoms with E-state index in [0.29, 0.717) is 0 Å². The zero-order valence-corrected chi connectivity index (χ0v) is 10.2. The molecule has 90 valence electrons. The molecule has 1 unspecified atom stereocenters. The Morgan fingerprint density at radius 3 is 2.71 bits per heavy atom. The first kappa shape index (κ1) is 12.1. The Labute approximate surface area is 102 Å². The highest BCUT2D eigenvalue weighted by molar-refractivity contribution is 7.05. The molecule has 2 aromatic rings. The van der Waals surface area contributed by atoms with E-state index in [1.807, 2.05) is 0 Å². The fourth-order valence-corrected chi connectivity index (χ4v) is 2.44. The number of nitrogens with one attached hydrogen (secondary N) is 1. The number of rotatable bonds is 3. The minimum absolute atomic E-state index is 0.265. The molecule has 0 spiro atoms. The molecule has 1 heterocycles. The molecule has 0 aliphatic rings. The summed E-state index contributed by atoms with van der Waals surface area (Å²) in [5.74, 6) is -0.907. The third-order valence-corrected chi connectivity index (χ3v) is 3.40. The van der Waals surface area contributed by atoms with Crippen molar-refractivity contribution in [3.05, 3.63) is 46.0 Å². The Kier molecular flexibility index (Phi) is 3.44. The molecule has 0 amide bonds. The normalized spacial score (nSPS) is 12.7. The van der Waals surface area contributed by atoms with Crippen molar-refractivity contribution in [3.8, 4) is 0 Å². The van der Waals surface area contributed by atoms with Crippen LogP contribution in [0.5, 0.6) is 0 Å². The Hall–Kier alpha value is -1.40. The molecule has 0 saturated heterocycles. The molecule has 0 bridgehead atoms. The zero-order valence-electron chi connectivity index (χ0n) is 9.37. The van der Waals surface area contributed by atoms with E-state index in [4.69, 9.17) is 0 Å². The molecular weight excluding hydrogens is 244 g/mol. The van der Waals surface area contributed by atoms with Crippen LogP contribution in [0.4, 0.5) is 8.78 Å². The molecule has 3 nitrogen and oxygen atoms in total. The van der Waals surface area contributed by atoms with Crippen LogP contribution in [0, 0.1) is 18.6 Å².